The second-order valence-corrected chi connectivity index (χ2v) is 13.8. The highest BCUT2D eigenvalue weighted by Crippen LogP contribution is 2.70. The first-order valence-corrected chi connectivity index (χ1v) is 15.9. The van der Waals surface area contributed by atoms with Crippen molar-refractivity contribution in [1.29, 1.82) is 0 Å². The summed E-state index contributed by atoms with van der Waals surface area (Å²) in [4.78, 5) is 26.1. The van der Waals surface area contributed by atoms with Crippen molar-refractivity contribution in [3.8, 4) is 11.5 Å². The Labute approximate surface area is 267 Å². The summed E-state index contributed by atoms with van der Waals surface area (Å²) < 4.78 is 40.7. The number of carbonyl (C=O) groups excluding carboxylic acids is 2. The maximum Gasteiger partial charge on any atom is 0.193 e. The molecule has 46 heavy (non-hydrogen) atoms. The zero-order valence-corrected chi connectivity index (χ0v) is 26.2. The Morgan fingerprint density at radius 3 is 2.67 bits per heavy atom. The average molecular weight is 634 g/mol. The number of hydrogen-bond donors (Lipinski definition) is 3. The van der Waals surface area contributed by atoms with Crippen LogP contribution in [0, 0.1) is 34.4 Å². The van der Waals surface area contributed by atoms with E-state index in [4.69, 9.17) is 24.7 Å². The predicted octanol–water partition coefficient (Wildman–Crippen LogP) is 4.60. The summed E-state index contributed by atoms with van der Waals surface area (Å²) in [6.07, 6.45) is 4.32. The highest BCUT2D eigenvalue weighted by atomic mass is 19.1. The van der Waals surface area contributed by atoms with E-state index in [9.17, 15) is 19.8 Å². The molecule has 244 valence electrons. The van der Waals surface area contributed by atoms with Crippen LogP contribution in [0.15, 0.2) is 60.2 Å². The van der Waals surface area contributed by atoms with Gasteiger partial charge in [0.25, 0.3) is 0 Å². The molecular formula is C36H40FNO8. The van der Waals surface area contributed by atoms with E-state index < -0.39 is 53.1 Å². The Morgan fingerprint density at radius 1 is 1.17 bits per heavy atom. The summed E-state index contributed by atoms with van der Waals surface area (Å²) in [6.45, 7) is 3.24. The Morgan fingerprint density at radius 2 is 1.93 bits per heavy atom. The largest absolute Gasteiger partial charge is 0.496 e. The van der Waals surface area contributed by atoms with E-state index in [1.54, 1.807) is 36.4 Å². The van der Waals surface area contributed by atoms with Crippen molar-refractivity contribution in [2.24, 2.45) is 28.6 Å². The van der Waals surface area contributed by atoms with E-state index in [2.05, 4.69) is 6.92 Å². The fourth-order valence-corrected chi connectivity index (χ4v) is 9.70. The Bertz CT molecular complexity index is 1660. The summed E-state index contributed by atoms with van der Waals surface area (Å²) in [5, 5.41) is 22.2. The molecule has 4 fully saturated rings. The van der Waals surface area contributed by atoms with Gasteiger partial charge in [-0.15, -0.1) is 0 Å². The number of ether oxygens (including phenoxy) is 4. The van der Waals surface area contributed by atoms with Gasteiger partial charge in [-0.2, -0.15) is 0 Å². The van der Waals surface area contributed by atoms with Crippen LogP contribution in [0.1, 0.15) is 56.9 Å². The summed E-state index contributed by atoms with van der Waals surface area (Å²) in [5.74, 6) is -1.53. The number of halogens is 1. The second-order valence-electron chi connectivity index (χ2n) is 13.8. The van der Waals surface area contributed by atoms with Crippen molar-refractivity contribution in [2.45, 2.75) is 70.2 Å². The third kappa shape index (κ3) is 4.26. The Kier molecular flexibility index (Phi) is 7.43. The van der Waals surface area contributed by atoms with Crippen LogP contribution < -0.4 is 15.2 Å². The number of allylic oxidation sites excluding steroid dienone is 4. The number of carbonyl (C=O) groups is 2. The number of ketones is 2. The molecule has 0 spiro atoms. The number of aliphatic hydroxyl groups excluding tert-OH is 2. The number of nitrogens with two attached hydrogens (primary N) is 1. The van der Waals surface area contributed by atoms with Gasteiger partial charge in [-0.25, -0.2) is 4.39 Å². The number of fused-ring (bicyclic) bond motifs is 7. The molecular weight excluding hydrogens is 593 g/mol. The lowest BCUT2D eigenvalue weighted by Crippen LogP contribution is -2.63. The Hall–Kier alpha value is -3.57. The van der Waals surface area contributed by atoms with Crippen LogP contribution in [0.2, 0.25) is 0 Å². The SMILES string of the molecule is COc1ccc(OCc2ccccc2N)c(F)c1[C@@H]1O[C@@H]2CC3[C@@H]4CCC5=CC(=O)C=C[C@]5(C)C4[C@@H](O)C[C@]3(C)[C@]2(C(=O)CO)O1. The number of Topliss-reactive ketones (excluding diaryl/α,β-unsaturated/α-hetero) is 1. The molecule has 2 aromatic carbocycles. The van der Waals surface area contributed by atoms with Gasteiger partial charge in [0.1, 0.15) is 19.0 Å². The highest BCUT2D eigenvalue weighted by Gasteiger charge is 2.76. The van der Waals surface area contributed by atoms with Gasteiger partial charge in [-0.1, -0.05) is 43.7 Å². The lowest BCUT2D eigenvalue weighted by molar-refractivity contribution is -0.201. The molecule has 0 radical (unpaired) electrons. The summed E-state index contributed by atoms with van der Waals surface area (Å²) in [6, 6.07) is 10.2. The van der Waals surface area contributed by atoms with Crippen LogP contribution >= 0.6 is 0 Å². The summed E-state index contributed by atoms with van der Waals surface area (Å²) in [5.41, 5.74) is 5.17. The van der Waals surface area contributed by atoms with Gasteiger partial charge in [0, 0.05) is 28.0 Å². The molecule has 0 amide bonds. The van der Waals surface area contributed by atoms with E-state index in [1.165, 1.54) is 13.2 Å². The predicted molar refractivity (Wildman–Crippen MR) is 165 cm³/mol. The summed E-state index contributed by atoms with van der Waals surface area (Å²) in [7, 11) is 1.41. The zero-order chi connectivity index (χ0) is 32.6. The van der Waals surface area contributed by atoms with Crippen LogP contribution in [0.25, 0.3) is 0 Å². The zero-order valence-electron chi connectivity index (χ0n) is 26.2. The molecule has 0 aromatic heterocycles. The highest BCUT2D eigenvalue weighted by molar-refractivity contribution is 6.01. The number of nitrogen functional groups attached to an aromatic ring is 1. The first-order valence-electron chi connectivity index (χ1n) is 15.9. The van der Waals surface area contributed by atoms with Crippen LogP contribution in [0.4, 0.5) is 10.1 Å². The van der Waals surface area contributed by atoms with E-state index in [0.717, 1.165) is 12.0 Å². The molecule has 7 rings (SSSR count). The van der Waals surface area contributed by atoms with Crippen molar-refractivity contribution in [3.05, 3.63) is 77.1 Å². The van der Waals surface area contributed by atoms with Crippen molar-refractivity contribution >= 4 is 17.3 Å². The van der Waals surface area contributed by atoms with Crippen molar-refractivity contribution in [3.63, 3.8) is 0 Å². The number of benzene rings is 2. The third-order valence-electron chi connectivity index (χ3n) is 11.8. The van der Waals surface area contributed by atoms with Gasteiger partial charge in [0.05, 0.1) is 24.9 Å². The van der Waals surface area contributed by atoms with Crippen molar-refractivity contribution in [2.75, 3.05) is 19.5 Å². The van der Waals surface area contributed by atoms with E-state index >= 15 is 4.39 Å². The first kappa shape index (κ1) is 31.1. The number of hydrogen-bond acceptors (Lipinski definition) is 9. The topological polar surface area (TPSA) is 138 Å². The van der Waals surface area contributed by atoms with E-state index in [-0.39, 0.29) is 53.6 Å². The number of aliphatic hydroxyl groups is 2. The van der Waals surface area contributed by atoms with Gasteiger partial charge in [-0.3, -0.25) is 9.59 Å². The standard InChI is InChI=1S/C36H40FNO8/c1-34-13-12-21(40)14-20(34)8-9-22-23-15-29-36(28(42)17-39,35(23,2)16-25(41)31(22)34)46-33(45-29)30-26(43-3)10-11-27(32(30)37)44-18-19-6-4-5-7-24(19)38/h4-7,10-14,22-23,25,29,31,33,39,41H,8-9,15-18,38H2,1-3H3/t22-,23?,25-,29+,31?,33+,34-,35-,36+/m0/s1. The number of anilines is 1. The smallest absolute Gasteiger partial charge is 0.193 e. The Balaban J connectivity index is 1.23. The third-order valence-corrected chi connectivity index (χ3v) is 11.8. The van der Waals surface area contributed by atoms with Gasteiger partial charge in [0.2, 0.25) is 0 Å². The minimum Gasteiger partial charge on any atom is -0.496 e. The monoisotopic (exact) mass is 633 g/mol. The van der Waals surface area contributed by atoms with E-state index in [0.29, 0.717) is 24.1 Å². The van der Waals surface area contributed by atoms with Gasteiger partial charge < -0.3 is 34.9 Å². The maximum absolute atomic E-state index is 16.3. The average Bonchev–Trinajstić information content (AvgIpc) is 3.53. The van der Waals surface area contributed by atoms with Crippen LogP contribution in [-0.2, 0) is 25.7 Å². The fourth-order valence-electron chi connectivity index (χ4n) is 9.70. The molecule has 2 unspecified atom stereocenters. The second kappa shape index (κ2) is 11.0. The molecule has 5 aliphatic rings. The quantitative estimate of drug-likeness (QED) is 0.374. The van der Waals surface area contributed by atoms with Gasteiger partial charge in [-0.05, 0) is 67.9 Å². The van der Waals surface area contributed by atoms with Crippen LogP contribution in [-0.4, -0.2) is 53.3 Å². The molecule has 4 aliphatic carbocycles. The van der Waals surface area contributed by atoms with Crippen molar-refractivity contribution < 1.29 is 43.1 Å². The normalized spacial score (nSPS) is 37.5. The molecule has 1 saturated heterocycles. The minimum absolute atomic E-state index is 0.00166. The van der Waals surface area contributed by atoms with E-state index in [1.807, 2.05) is 19.1 Å². The molecule has 2 aromatic rings. The summed E-state index contributed by atoms with van der Waals surface area (Å²) >= 11 is 0. The molecule has 0 bridgehead atoms. The number of methoxy groups -OCH3 is 1. The van der Waals surface area contributed by atoms with Crippen LogP contribution in [0.5, 0.6) is 11.5 Å². The molecule has 4 N–H and O–H groups in total. The number of rotatable bonds is 7. The van der Waals surface area contributed by atoms with Crippen molar-refractivity contribution in [1.82, 2.24) is 0 Å². The fraction of sp³-hybridized carbons (Fsp3) is 0.500. The van der Waals surface area contributed by atoms with Crippen LogP contribution in [0.3, 0.4) is 0 Å². The lowest BCUT2D eigenvalue weighted by Gasteiger charge is -2.59. The number of para-hydroxylation sites is 1. The lowest BCUT2D eigenvalue weighted by atomic mass is 9.46. The molecule has 9 atom stereocenters. The molecule has 9 nitrogen and oxygen atoms in total. The van der Waals surface area contributed by atoms with Gasteiger partial charge >= 0.3 is 0 Å². The molecule has 1 aliphatic heterocycles. The first-order chi connectivity index (χ1) is 22.0. The minimum atomic E-state index is -1.63. The molecule has 1 heterocycles. The van der Waals surface area contributed by atoms with Gasteiger partial charge in [0.15, 0.2) is 35.0 Å². The molecule has 10 heteroatoms. The maximum atomic E-state index is 16.3. The molecule has 3 saturated carbocycles.